The Kier molecular flexibility index (Phi) is 4.73. The van der Waals surface area contributed by atoms with Gasteiger partial charge in [-0.25, -0.2) is 13.1 Å². The molecule has 1 fully saturated rings. The van der Waals surface area contributed by atoms with Crippen LogP contribution in [0.3, 0.4) is 0 Å². The van der Waals surface area contributed by atoms with E-state index in [2.05, 4.69) is 20.7 Å². The van der Waals surface area contributed by atoms with E-state index in [1.807, 2.05) is 0 Å². The lowest BCUT2D eigenvalue weighted by molar-refractivity contribution is 0.399. The van der Waals surface area contributed by atoms with Crippen molar-refractivity contribution in [3.8, 4) is 5.75 Å². The van der Waals surface area contributed by atoms with Crippen LogP contribution in [0.15, 0.2) is 27.6 Å². The molecule has 7 heteroatoms. The molecule has 3 N–H and O–H groups in total. The number of rotatable bonds is 5. The lowest BCUT2D eigenvalue weighted by atomic mass is 10.0. The van der Waals surface area contributed by atoms with Gasteiger partial charge in [0.25, 0.3) is 0 Å². The van der Waals surface area contributed by atoms with Crippen molar-refractivity contribution >= 4 is 26.0 Å². The number of halogens is 1. The van der Waals surface area contributed by atoms with E-state index in [0.717, 1.165) is 25.7 Å². The van der Waals surface area contributed by atoms with Crippen LogP contribution in [-0.2, 0) is 10.0 Å². The van der Waals surface area contributed by atoms with Gasteiger partial charge in [0.2, 0.25) is 10.0 Å². The van der Waals surface area contributed by atoms with Gasteiger partial charge in [-0.05, 0) is 47.0 Å². The summed E-state index contributed by atoms with van der Waals surface area (Å²) in [5.41, 5.74) is 5.28. The SMILES string of the molecule is COc1ccc(S(=O)(=O)NC2(CN)CCCC2)cc1Br. The Morgan fingerprint density at radius 1 is 1.40 bits per heavy atom. The van der Waals surface area contributed by atoms with Crippen LogP contribution in [0.1, 0.15) is 25.7 Å². The second-order valence-corrected chi connectivity index (χ2v) is 7.63. The molecule has 0 atom stereocenters. The van der Waals surface area contributed by atoms with Crippen molar-refractivity contribution in [1.82, 2.24) is 4.72 Å². The lowest BCUT2D eigenvalue weighted by Gasteiger charge is -2.28. The summed E-state index contributed by atoms with van der Waals surface area (Å²) in [6.07, 6.45) is 3.60. The number of benzene rings is 1. The van der Waals surface area contributed by atoms with Gasteiger partial charge in [0.05, 0.1) is 16.5 Å². The van der Waals surface area contributed by atoms with Gasteiger partial charge in [-0.2, -0.15) is 0 Å². The first-order chi connectivity index (χ1) is 9.42. The summed E-state index contributed by atoms with van der Waals surface area (Å²) in [5, 5.41) is 0. The Morgan fingerprint density at radius 3 is 2.55 bits per heavy atom. The maximum atomic E-state index is 12.5. The van der Waals surface area contributed by atoms with Crippen LogP contribution >= 0.6 is 15.9 Å². The number of nitrogens with two attached hydrogens (primary N) is 1. The Labute approximate surface area is 128 Å². The first kappa shape index (κ1) is 15.8. The standard InChI is InChI=1S/C13H19BrN2O3S/c1-19-12-5-4-10(8-11(12)14)20(17,18)16-13(9-15)6-2-3-7-13/h4-5,8,16H,2-3,6-7,9,15H2,1H3. The Bertz CT molecular complexity index is 583. The van der Waals surface area contributed by atoms with E-state index in [-0.39, 0.29) is 4.90 Å². The van der Waals surface area contributed by atoms with E-state index in [4.69, 9.17) is 10.5 Å². The highest BCUT2D eigenvalue weighted by atomic mass is 79.9. The van der Waals surface area contributed by atoms with Crippen molar-refractivity contribution in [2.75, 3.05) is 13.7 Å². The predicted octanol–water partition coefficient (Wildman–Crippen LogP) is 2.01. The van der Waals surface area contributed by atoms with E-state index in [1.54, 1.807) is 12.1 Å². The zero-order valence-corrected chi connectivity index (χ0v) is 13.8. The minimum Gasteiger partial charge on any atom is -0.496 e. The van der Waals surface area contributed by atoms with Crippen LogP contribution in [0, 0.1) is 0 Å². The highest BCUT2D eigenvalue weighted by Crippen LogP contribution is 2.32. The van der Waals surface area contributed by atoms with E-state index in [1.165, 1.54) is 13.2 Å². The van der Waals surface area contributed by atoms with Gasteiger partial charge in [0, 0.05) is 12.1 Å². The number of nitrogens with one attached hydrogen (secondary N) is 1. The summed E-state index contributed by atoms with van der Waals surface area (Å²) in [6, 6.07) is 4.70. The summed E-state index contributed by atoms with van der Waals surface area (Å²) >= 11 is 3.30. The van der Waals surface area contributed by atoms with Gasteiger partial charge >= 0.3 is 0 Å². The summed E-state index contributed by atoms with van der Waals surface area (Å²) < 4.78 is 33.4. The molecule has 0 aromatic heterocycles. The molecule has 5 nitrogen and oxygen atoms in total. The van der Waals surface area contributed by atoms with Gasteiger partial charge in [-0.3, -0.25) is 0 Å². The van der Waals surface area contributed by atoms with Crippen molar-refractivity contribution < 1.29 is 13.2 Å². The topological polar surface area (TPSA) is 81.4 Å². The third kappa shape index (κ3) is 3.16. The fraction of sp³-hybridized carbons (Fsp3) is 0.538. The smallest absolute Gasteiger partial charge is 0.241 e. The van der Waals surface area contributed by atoms with Crippen molar-refractivity contribution in [2.24, 2.45) is 5.73 Å². The third-order valence-electron chi connectivity index (χ3n) is 3.74. The van der Waals surface area contributed by atoms with E-state index >= 15 is 0 Å². The predicted molar refractivity (Wildman–Crippen MR) is 81.3 cm³/mol. The van der Waals surface area contributed by atoms with Crippen molar-refractivity contribution in [3.63, 3.8) is 0 Å². The number of hydrogen-bond donors (Lipinski definition) is 2. The first-order valence-electron chi connectivity index (χ1n) is 6.50. The van der Waals surface area contributed by atoms with Gasteiger partial charge in [-0.1, -0.05) is 12.8 Å². The van der Waals surface area contributed by atoms with Crippen molar-refractivity contribution in [2.45, 2.75) is 36.1 Å². The number of methoxy groups -OCH3 is 1. The fourth-order valence-electron chi connectivity index (χ4n) is 2.56. The summed E-state index contributed by atoms with van der Waals surface area (Å²) in [7, 11) is -2.04. The van der Waals surface area contributed by atoms with Crippen LogP contribution in [0.4, 0.5) is 0 Å². The molecular weight excluding hydrogens is 344 g/mol. The molecule has 0 spiro atoms. The summed E-state index contributed by atoms with van der Waals surface area (Å²) in [5.74, 6) is 0.596. The maximum absolute atomic E-state index is 12.5. The third-order valence-corrected chi connectivity index (χ3v) is 5.93. The van der Waals surface area contributed by atoms with Crippen LogP contribution in [0.25, 0.3) is 0 Å². The molecule has 0 radical (unpaired) electrons. The minimum absolute atomic E-state index is 0.213. The maximum Gasteiger partial charge on any atom is 0.241 e. The molecule has 1 aliphatic rings. The van der Waals surface area contributed by atoms with Crippen LogP contribution in [-0.4, -0.2) is 27.6 Å². The Hall–Kier alpha value is -0.630. The van der Waals surface area contributed by atoms with Gasteiger partial charge in [0.15, 0.2) is 0 Å². The molecule has 1 aliphatic carbocycles. The molecule has 1 aromatic carbocycles. The summed E-state index contributed by atoms with van der Waals surface area (Å²) in [4.78, 5) is 0.213. The molecule has 112 valence electrons. The van der Waals surface area contributed by atoms with Crippen LogP contribution in [0.5, 0.6) is 5.75 Å². The Morgan fingerprint density at radius 2 is 2.05 bits per heavy atom. The highest BCUT2D eigenvalue weighted by Gasteiger charge is 2.36. The number of hydrogen-bond acceptors (Lipinski definition) is 4. The monoisotopic (exact) mass is 362 g/mol. The van der Waals surface area contributed by atoms with Crippen LogP contribution < -0.4 is 15.2 Å². The average Bonchev–Trinajstić information content (AvgIpc) is 2.87. The van der Waals surface area contributed by atoms with E-state index in [0.29, 0.717) is 16.8 Å². The van der Waals surface area contributed by atoms with E-state index < -0.39 is 15.6 Å². The highest BCUT2D eigenvalue weighted by molar-refractivity contribution is 9.10. The van der Waals surface area contributed by atoms with Gasteiger partial charge in [0.1, 0.15) is 5.75 Å². The largest absolute Gasteiger partial charge is 0.496 e. The normalized spacial score (nSPS) is 18.1. The zero-order chi connectivity index (χ0) is 14.8. The molecule has 2 rings (SSSR count). The van der Waals surface area contributed by atoms with E-state index in [9.17, 15) is 8.42 Å². The minimum atomic E-state index is -3.58. The van der Waals surface area contributed by atoms with Crippen LogP contribution in [0.2, 0.25) is 0 Å². The second kappa shape index (κ2) is 6.01. The number of ether oxygens (including phenoxy) is 1. The first-order valence-corrected chi connectivity index (χ1v) is 8.78. The molecule has 20 heavy (non-hydrogen) atoms. The second-order valence-electron chi connectivity index (χ2n) is 5.09. The zero-order valence-electron chi connectivity index (χ0n) is 11.4. The molecule has 1 saturated carbocycles. The molecule has 0 saturated heterocycles. The molecular formula is C13H19BrN2O3S. The Balaban J connectivity index is 2.28. The molecule has 0 unspecified atom stereocenters. The summed E-state index contributed by atoms with van der Waals surface area (Å²) in [6.45, 7) is 0.323. The number of sulfonamides is 1. The quantitative estimate of drug-likeness (QED) is 0.839. The van der Waals surface area contributed by atoms with Crippen molar-refractivity contribution in [3.05, 3.63) is 22.7 Å². The molecule has 0 bridgehead atoms. The van der Waals surface area contributed by atoms with Gasteiger partial charge in [-0.15, -0.1) is 0 Å². The van der Waals surface area contributed by atoms with Crippen molar-refractivity contribution in [1.29, 1.82) is 0 Å². The fourth-order valence-corrected chi connectivity index (χ4v) is 4.75. The molecule has 0 heterocycles. The van der Waals surface area contributed by atoms with Gasteiger partial charge < -0.3 is 10.5 Å². The molecule has 0 aliphatic heterocycles. The lowest BCUT2D eigenvalue weighted by Crippen LogP contribution is -2.51. The molecule has 1 aromatic rings. The average molecular weight is 363 g/mol. The molecule has 0 amide bonds.